The number of nitrogen functional groups attached to an aromatic ring is 2. The molecule has 24 nitrogen and oxygen atoms in total. The van der Waals surface area contributed by atoms with Gasteiger partial charge in [0.05, 0.1) is 57.5 Å². The summed E-state index contributed by atoms with van der Waals surface area (Å²) in [6.45, 7) is 11.3. The number of fused-ring (bicyclic) bond motifs is 6. The van der Waals surface area contributed by atoms with E-state index in [0.29, 0.717) is 128 Å². The monoisotopic (exact) mass is 1000 g/mol. The highest BCUT2D eigenvalue weighted by Gasteiger charge is 2.25. The summed E-state index contributed by atoms with van der Waals surface area (Å²) in [4.78, 5) is 56.2. The summed E-state index contributed by atoms with van der Waals surface area (Å²) in [5, 5.41) is 29.3. The van der Waals surface area contributed by atoms with Crippen molar-refractivity contribution in [2.75, 3.05) is 128 Å². The Bertz CT molecular complexity index is 3120. The van der Waals surface area contributed by atoms with Crippen molar-refractivity contribution in [2.45, 2.75) is 32.2 Å². The number of aliphatic hydroxyl groups is 2. The van der Waals surface area contributed by atoms with Crippen LogP contribution in [0.4, 0.5) is 23.3 Å². The molecule has 2 amide bonds. The van der Waals surface area contributed by atoms with E-state index in [4.69, 9.17) is 44.9 Å². The average molecular weight is 1010 g/mol. The second-order valence-electron chi connectivity index (χ2n) is 17.6. The lowest BCUT2D eigenvalue weighted by atomic mass is 10.2. The molecule has 1 unspecified atom stereocenters. The molecule has 2 aromatic carbocycles. The van der Waals surface area contributed by atoms with Gasteiger partial charge in [-0.05, 0) is 55.5 Å². The van der Waals surface area contributed by atoms with E-state index in [1.807, 2.05) is 21.3 Å². The quantitative estimate of drug-likeness (QED) is 0.0881. The lowest BCUT2D eigenvalue weighted by Crippen LogP contribution is -2.42. The number of methoxy groups -OCH3 is 2. The van der Waals surface area contributed by atoms with E-state index in [2.05, 4.69) is 45.4 Å². The van der Waals surface area contributed by atoms with Crippen molar-refractivity contribution < 1.29 is 48.2 Å². The van der Waals surface area contributed by atoms with Crippen LogP contribution in [0.5, 0.6) is 23.0 Å². The maximum Gasteiger partial charge on any atom is 0.282 e. The van der Waals surface area contributed by atoms with Crippen molar-refractivity contribution in [1.29, 1.82) is 0 Å². The molecule has 2 fully saturated rings. The third-order valence-electron chi connectivity index (χ3n) is 12.6. The maximum atomic E-state index is 13.0. The molecule has 0 radical (unpaired) electrons. The maximum absolute atomic E-state index is 13.0. The smallest absolute Gasteiger partial charge is 0.282 e. The van der Waals surface area contributed by atoms with Crippen LogP contribution in [0.2, 0.25) is 0 Å². The number of aryl methyl sites for hydroxylation is 1. The van der Waals surface area contributed by atoms with Gasteiger partial charge in [-0.2, -0.15) is 9.98 Å². The first kappa shape index (κ1) is 50.5. The number of nitrogens with one attached hydrogen (secondary N) is 2. The fraction of sp³-hybridized carbons (Fsp3) is 0.429. The van der Waals surface area contributed by atoms with Crippen LogP contribution in [0.15, 0.2) is 64.7 Å². The normalized spacial score (nSPS) is 16.9. The first-order valence-corrected chi connectivity index (χ1v) is 24.0. The van der Waals surface area contributed by atoms with Crippen LogP contribution < -0.4 is 52.3 Å². The zero-order valence-corrected chi connectivity index (χ0v) is 41.0. The number of nitrogens with zero attached hydrogens (tertiary/aromatic N) is 10. The van der Waals surface area contributed by atoms with E-state index in [-0.39, 0.29) is 24.5 Å². The number of morpholine rings is 2. The minimum atomic E-state index is -0.677. The van der Waals surface area contributed by atoms with Crippen molar-refractivity contribution in [3.05, 3.63) is 82.8 Å². The summed E-state index contributed by atoms with van der Waals surface area (Å²) in [6, 6.07) is 13.7. The molecule has 73 heavy (non-hydrogen) atoms. The van der Waals surface area contributed by atoms with Gasteiger partial charge in [0.15, 0.2) is 23.0 Å². The van der Waals surface area contributed by atoms with E-state index in [0.717, 1.165) is 48.6 Å². The Morgan fingerprint density at radius 3 is 1.63 bits per heavy atom. The fourth-order valence-electron chi connectivity index (χ4n) is 8.98. The van der Waals surface area contributed by atoms with Gasteiger partial charge in [-0.15, -0.1) is 0 Å². The molecule has 386 valence electrons. The molecule has 2 saturated heterocycles. The number of rotatable bonds is 14. The Balaban J connectivity index is 0.000000180. The average Bonchev–Trinajstić information content (AvgIpc) is 4.11. The van der Waals surface area contributed by atoms with Crippen LogP contribution in [0.1, 0.15) is 26.4 Å². The SMILES string of the molecule is COc1c(OCC(O)CN2CCOCC2)ccc2c3n(c(=NC(=O)c4ccc(N)nc4)nc12)CCN3.COc1c(OC[C@H](O)CN2CCOCC2)ccc2c3n(c(=NC(=O)c4ccc(N)nc4C)nc12)CCN3. The van der Waals surface area contributed by atoms with E-state index in [1.165, 1.54) is 20.4 Å². The van der Waals surface area contributed by atoms with Crippen LogP contribution in [-0.4, -0.2) is 179 Å². The minimum absolute atomic E-state index is 0.0935. The summed E-state index contributed by atoms with van der Waals surface area (Å²) in [5.41, 5.74) is 14.0. The summed E-state index contributed by atoms with van der Waals surface area (Å²) in [7, 11) is 3.07. The zero-order valence-electron chi connectivity index (χ0n) is 41.0. The lowest BCUT2D eigenvalue weighted by molar-refractivity contribution is 0.00433. The van der Waals surface area contributed by atoms with E-state index in [1.54, 1.807) is 43.3 Å². The lowest BCUT2D eigenvalue weighted by Gasteiger charge is -2.28. The van der Waals surface area contributed by atoms with Crippen molar-refractivity contribution in [1.82, 2.24) is 38.9 Å². The Labute approximate surface area is 419 Å². The largest absolute Gasteiger partial charge is 0.491 e. The minimum Gasteiger partial charge on any atom is -0.491 e. The summed E-state index contributed by atoms with van der Waals surface area (Å²) < 4.78 is 37.7. The van der Waals surface area contributed by atoms with E-state index < -0.39 is 24.0 Å². The highest BCUT2D eigenvalue weighted by atomic mass is 16.5. The molecule has 4 aliphatic heterocycles. The topological polar surface area (TPSA) is 299 Å². The highest BCUT2D eigenvalue weighted by molar-refractivity contribution is 5.98. The van der Waals surface area contributed by atoms with Crippen LogP contribution >= 0.6 is 0 Å². The van der Waals surface area contributed by atoms with Crippen molar-refractivity contribution in [3.8, 4) is 23.0 Å². The number of pyridine rings is 2. The number of hydrogen-bond acceptors (Lipinski definition) is 20. The number of nitrogens with two attached hydrogens (primary N) is 2. The van der Waals surface area contributed by atoms with Gasteiger partial charge in [-0.1, -0.05) is 0 Å². The number of carbonyl (C=O) groups excluding carboxylic acids is 2. The van der Waals surface area contributed by atoms with Gasteiger partial charge in [-0.25, -0.2) is 19.9 Å². The predicted molar refractivity (Wildman–Crippen MR) is 269 cm³/mol. The molecule has 10 rings (SSSR count). The first-order valence-electron chi connectivity index (χ1n) is 24.0. The van der Waals surface area contributed by atoms with Gasteiger partial charge >= 0.3 is 0 Å². The number of carbonyl (C=O) groups is 2. The number of ether oxygens (including phenoxy) is 6. The molecule has 24 heteroatoms. The number of amides is 2. The molecule has 4 aliphatic rings. The van der Waals surface area contributed by atoms with Crippen molar-refractivity contribution in [2.24, 2.45) is 9.98 Å². The summed E-state index contributed by atoms with van der Waals surface area (Å²) in [6.07, 6.45) is 0.0363. The van der Waals surface area contributed by atoms with Crippen molar-refractivity contribution >= 4 is 56.9 Å². The molecule has 0 aliphatic carbocycles. The summed E-state index contributed by atoms with van der Waals surface area (Å²) >= 11 is 0. The molecule has 0 spiro atoms. The molecule has 0 bridgehead atoms. The number of aliphatic hydroxyl groups excluding tert-OH is 2. The molecule has 6 aromatic rings. The van der Waals surface area contributed by atoms with Gasteiger partial charge in [0.2, 0.25) is 11.2 Å². The zero-order chi connectivity index (χ0) is 51.0. The highest BCUT2D eigenvalue weighted by Crippen LogP contribution is 2.38. The number of benzene rings is 2. The second kappa shape index (κ2) is 22.9. The van der Waals surface area contributed by atoms with Crippen LogP contribution in [0.3, 0.4) is 0 Å². The number of aromatic nitrogens is 6. The van der Waals surface area contributed by atoms with Gasteiger partial charge in [0, 0.05) is 82.4 Å². The molecular weight excluding hydrogens is 945 g/mol. The van der Waals surface area contributed by atoms with Gasteiger partial charge in [0.25, 0.3) is 11.8 Å². The van der Waals surface area contributed by atoms with Crippen LogP contribution in [0.25, 0.3) is 21.8 Å². The number of β-amino-alcohol motifs (C(OH)–C–C–N with tert-alkyl or cyclic N) is 2. The van der Waals surface area contributed by atoms with Crippen LogP contribution in [0, 0.1) is 6.92 Å². The third-order valence-corrected chi connectivity index (χ3v) is 12.6. The number of hydrogen-bond donors (Lipinski definition) is 6. The molecule has 2 atom stereocenters. The van der Waals surface area contributed by atoms with Gasteiger partial charge < -0.3 is 60.7 Å². The number of anilines is 4. The second-order valence-corrected chi connectivity index (χ2v) is 17.6. The molecule has 8 N–H and O–H groups in total. The predicted octanol–water partition coefficient (Wildman–Crippen LogP) is 0.830. The van der Waals surface area contributed by atoms with E-state index >= 15 is 0 Å². The van der Waals surface area contributed by atoms with Gasteiger partial charge in [0.1, 0.15) is 59.7 Å². The Morgan fingerprint density at radius 2 is 1.16 bits per heavy atom. The van der Waals surface area contributed by atoms with E-state index in [9.17, 15) is 19.8 Å². The van der Waals surface area contributed by atoms with Gasteiger partial charge in [-0.3, -0.25) is 28.5 Å². The standard InChI is InChI=1S/C25H31N7O5.C24H29N7O5/c1-15-17(4-6-20(26)28-15)24(34)30-25-29-21-18(23-27-7-8-32(23)25)3-5-19(22(21)35-2)37-14-16(33)13-31-9-11-36-12-10-31;1-34-21-18(36-14-16(32)13-30-8-10-35-11-9-30)4-3-17-20(21)28-24(31-7-6-26-22(17)31)29-23(33)15-2-5-19(25)27-12-15/h3-6,16,27,33H,7-14H2,1-2H3,(H2,26,28);2-5,12,16,26,32H,6-11,13-14H2,1H3,(H2,25,27)/t16-;/m1./s1. The fourth-order valence-corrected chi connectivity index (χ4v) is 8.98. The third kappa shape index (κ3) is 11.6. The molecule has 4 aromatic heterocycles. The van der Waals surface area contributed by atoms with Crippen LogP contribution in [-0.2, 0) is 22.6 Å². The molecule has 8 heterocycles. The molecular formula is C49H60N14O10. The Kier molecular flexibility index (Phi) is 15.9. The van der Waals surface area contributed by atoms with Crippen molar-refractivity contribution in [3.63, 3.8) is 0 Å². The Morgan fingerprint density at radius 1 is 0.671 bits per heavy atom. The molecule has 0 saturated carbocycles. The Hall–Kier alpha value is -7.48. The summed E-state index contributed by atoms with van der Waals surface area (Å²) in [5.74, 6) is 3.00. The first-order chi connectivity index (χ1) is 35.5.